The van der Waals surface area contributed by atoms with Crippen LogP contribution in [0.15, 0.2) is 60.7 Å². The minimum absolute atomic E-state index is 0.0453. The predicted octanol–water partition coefficient (Wildman–Crippen LogP) is 7.16. The van der Waals surface area contributed by atoms with E-state index in [1.165, 1.54) is 18.1 Å². The fourth-order valence-electron chi connectivity index (χ4n) is 6.67. The van der Waals surface area contributed by atoms with Crippen LogP contribution in [0.3, 0.4) is 0 Å². The summed E-state index contributed by atoms with van der Waals surface area (Å²) in [5.41, 5.74) is -5.56. The standard InChI is InChI=1S/C33H33Cl2F2NO6/c1-3-32(42,31(37)14-16-44-17-15-31)22-18-25-29(26(36)19-22)33(43-2,21-6-10-24(35)11-7-21)38(30(25)41)27(12-13-28(39)40)20-4-8-23(34)9-5-20/h4-11,18-19,27,42H,3,12-17H2,1-2H3,(H,39,40)/t27?,32?,33-/m1/s1. The normalized spacial score (nSPS) is 21.5. The minimum Gasteiger partial charge on any atom is -0.481 e. The fourth-order valence-corrected chi connectivity index (χ4v) is 6.92. The first kappa shape index (κ1) is 32.3. The predicted molar refractivity (Wildman–Crippen MR) is 161 cm³/mol. The van der Waals surface area contributed by atoms with Gasteiger partial charge in [0, 0.05) is 55.2 Å². The van der Waals surface area contributed by atoms with Gasteiger partial charge in [-0.1, -0.05) is 54.4 Å². The monoisotopic (exact) mass is 647 g/mol. The van der Waals surface area contributed by atoms with Gasteiger partial charge in [-0.2, -0.15) is 0 Å². The molecule has 44 heavy (non-hydrogen) atoms. The van der Waals surface area contributed by atoms with Crippen LogP contribution in [-0.2, 0) is 25.6 Å². The van der Waals surface area contributed by atoms with Crippen molar-refractivity contribution in [2.75, 3.05) is 20.3 Å². The molecule has 7 nitrogen and oxygen atoms in total. The maximum Gasteiger partial charge on any atom is 0.303 e. The van der Waals surface area contributed by atoms with Crippen LogP contribution in [0.2, 0.25) is 10.0 Å². The molecule has 0 saturated carbocycles. The van der Waals surface area contributed by atoms with Crippen molar-refractivity contribution < 1.29 is 38.1 Å². The lowest BCUT2D eigenvalue weighted by molar-refractivity contribution is -0.155. The number of aliphatic hydroxyl groups is 1. The molecule has 0 aliphatic carbocycles. The molecule has 1 saturated heterocycles. The molecule has 234 valence electrons. The molecule has 0 spiro atoms. The number of carboxylic acids is 1. The van der Waals surface area contributed by atoms with E-state index in [0.717, 1.165) is 6.07 Å². The Morgan fingerprint density at radius 1 is 1.09 bits per heavy atom. The highest BCUT2D eigenvalue weighted by molar-refractivity contribution is 6.30. The topological polar surface area (TPSA) is 96.3 Å². The number of alkyl halides is 1. The number of carboxylic acid groups (broad SMARTS) is 1. The molecule has 2 unspecified atom stereocenters. The first-order valence-electron chi connectivity index (χ1n) is 14.4. The van der Waals surface area contributed by atoms with Crippen LogP contribution in [0, 0.1) is 5.82 Å². The van der Waals surface area contributed by atoms with E-state index in [-0.39, 0.29) is 62.0 Å². The quantitative estimate of drug-likeness (QED) is 0.242. The van der Waals surface area contributed by atoms with E-state index in [4.69, 9.17) is 32.7 Å². The summed E-state index contributed by atoms with van der Waals surface area (Å²) in [6.45, 7) is 1.79. The zero-order chi connectivity index (χ0) is 31.9. The second-order valence-electron chi connectivity index (χ2n) is 11.2. The van der Waals surface area contributed by atoms with Crippen LogP contribution in [0.4, 0.5) is 8.78 Å². The second-order valence-corrected chi connectivity index (χ2v) is 12.1. The van der Waals surface area contributed by atoms with Crippen molar-refractivity contribution in [2.45, 2.75) is 62.1 Å². The maximum absolute atomic E-state index is 16.7. The van der Waals surface area contributed by atoms with Crippen LogP contribution in [-0.4, -0.2) is 53.0 Å². The number of carbonyl (C=O) groups excluding carboxylic acids is 1. The highest BCUT2D eigenvalue weighted by Crippen LogP contribution is 2.53. The lowest BCUT2D eigenvalue weighted by Crippen LogP contribution is -2.51. The molecule has 5 rings (SSSR count). The molecule has 3 atom stereocenters. The Balaban J connectivity index is 1.77. The number of methoxy groups -OCH3 is 1. The van der Waals surface area contributed by atoms with Gasteiger partial charge in [0.1, 0.15) is 17.1 Å². The van der Waals surface area contributed by atoms with Gasteiger partial charge in [0.25, 0.3) is 5.91 Å². The number of hydrogen-bond donors (Lipinski definition) is 2. The van der Waals surface area contributed by atoms with Gasteiger partial charge in [-0.15, -0.1) is 0 Å². The van der Waals surface area contributed by atoms with Crippen molar-refractivity contribution in [2.24, 2.45) is 0 Å². The fraction of sp³-hybridized carbons (Fsp3) is 0.394. The van der Waals surface area contributed by atoms with E-state index in [0.29, 0.717) is 21.2 Å². The molecular formula is C33H33Cl2F2NO6. The van der Waals surface area contributed by atoms with Crippen LogP contribution in [0.25, 0.3) is 0 Å². The third kappa shape index (κ3) is 5.28. The smallest absolute Gasteiger partial charge is 0.303 e. The maximum atomic E-state index is 16.7. The third-order valence-electron chi connectivity index (χ3n) is 8.96. The van der Waals surface area contributed by atoms with Crippen molar-refractivity contribution in [1.29, 1.82) is 0 Å². The molecule has 11 heteroatoms. The average Bonchev–Trinajstić information content (AvgIpc) is 3.27. The summed E-state index contributed by atoms with van der Waals surface area (Å²) in [5.74, 6) is -2.66. The molecule has 2 N–H and O–H groups in total. The van der Waals surface area contributed by atoms with E-state index >= 15 is 8.78 Å². The molecule has 0 radical (unpaired) electrons. The number of halogens is 4. The number of carbonyl (C=O) groups is 2. The first-order valence-corrected chi connectivity index (χ1v) is 15.1. The van der Waals surface area contributed by atoms with E-state index in [1.807, 2.05) is 0 Å². The van der Waals surface area contributed by atoms with Gasteiger partial charge in [0.15, 0.2) is 5.72 Å². The Hall–Kier alpha value is -3.08. The van der Waals surface area contributed by atoms with Crippen molar-refractivity contribution in [3.05, 3.63) is 104 Å². The molecule has 1 amide bonds. The largest absolute Gasteiger partial charge is 0.481 e. The highest BCUT2D eigenvalue weighted by atomic mass is 35.5. The number of amides is 1. The first-order chi connectivity index (χ1) is 20.9. The summed E-state index contributed by atoms with van der Waals surface area (Å²) in [7, 11) is 1.33. The zero-order valence-electron chi connectivity index (χ0n) is 24.3. The number of ether oxygens (including phenoxy) is 2. The van der Waals surface area contributed by atoms with Crippen LogP contribution in [0.5, 0.6) is 0 Å². The summed E-state index contributed by atoms with van der Waals surface area (Å²) in [5, 5.41) is 22.3. The molecule has 1 fully saturated rings. The third-order valence-corrected chi connectivity index (χ3v) is 9.47. The van der Waals surface area contributed by atoms with Crippen molar-refractivity contribution in [3.8, 4) is 0 Å². The molecule has 2 heterocycles. The van der Waals surface area contributed by atoms with Crippen molar-refractivity contribution in [3.63, 3.8) is 0 Å². The van der Waals surface area contributed by atoms with E-state index < -0.39 is 40.7 Å². The van der Waals surface area contributed by atoms with Crippen LogP contribution in [0.1, 0.15) is 77.7 Å². The lowest BCUT2D eigenvalue weighted by atomic mass is 9.72. The van der Waals surface area contributed by atoms with Gasteiger partial charge >= 0.3 is 5.97 Å². The Kier molecular flexibility index (Phi) is 9.08. The summed E-state index contributed by atoms with van der Waals surface area (Å²) < 4.78 is 44.5. The van der Waals surface area contributed by atoms with Crippen molar-refractivity contribution >= 4 is 35.1 Å². The van der Waals surface area contributed by atoms with Gasteiger partial charge in [0.2, 0.25) is 0 Å². The molecule has 2 aliphatic rings. The van der Waals surface area contributed by atoms with Gasteiger partial charge in [-0.05, 0) is 60.4 Å². The van der Waals surface area contributed by atoms with E-state index in [9.17, 15) is 19.8 Å². The minimum atomic E-state index is -2.12. The van der Waals surface area contributed by atoms with E-state index in [2.05, 4.69) is 0 Å². The molecule has 3 aromatic rings. The summed E-state index contributed by atoms with van der Waals surface area (Å²) in [4.78, 5) is 27.7. The van der Waals surface area contributed by atoms with Gasteiger partial charge in [-0.25, -0.2) is 8.78 Å². The van der Waals surface area contributed by atoms with E-state index in [1.54, 1.807) is 55.5 Å². The van der Waals surface area contributed by atoms with Gasteiger partial charge < -0.3 is 19.7 Å². The number of nitrogens with zero attached hydrogens (tertiary/aromatic N) is 1. The van der Waals surface area contributed by atoms with Gasteiger partial charge in [0.05, 0.1) is 17.2 Å². The molecular weight excluding hydrogens is 615 g/mol. The zero-order valence-corrected chi connectivity index (χ0v) is 25.8. The molecule has 2 aliphatic heterocycles. The Morgan fingerprint density at radius 3 is 2.23 bits per heavy atom. The molecule has 0 aromatic heterocycles. The van der Waals surface area contributed by atoms with Crippen LogP contribution >= 0.6 is 23.2 Å². The number of fused-ring (bicyclic) bond motifs is 1. The van der Waals surface area contributed by atoms with Gasteiger partial charge in [-0.3, -0.25) is 14.5 Å². The summed E-state index contributed by atoms with van der Waals surface area (Å²) in [6.07, 6.45) is -0.647. The Labute approximate surface area is 264 Å². The molecule has 3 aromatic carbocycles. The van der Waals surface area contributed by atoms with Crippen molar-refractivity contribution in [1.82, 2.24) is 4.90 Å². The Bertz CT molecular complexity index is 1550. The number of aliphatic carboxylic acids is 1. The molecule has 0 bridgehead atoms. The lowest BCUT2D eigenvalue weighted by Gasteiger charge is -2.44. The van der Waals surface area contributed by atoms with Crippen LogP contribution < -0.4 is 0 Å². The second kappa shape index (κ2) is 12.4. The number of hydrogen-bond acceptors (Lipinski definition) is 5. The highest BCUT2D eigenvalue weighted by Gasteiger charge is 2.58. The Morgan fingerprint density at radius 2 is 1.68 bits per heavy atom. The summed E-state index contributed by atoms with van der Waals surface area (Å²) >= 11 is 12.3. The number of rotatable bonds is 10. The average molecular weight is 649 g/mol. The summed E-state index contributed by atoms with van der Waals surface area (Å²) in [6, 6.07) is 14.4. The number of benzene rings is 3. The SMILES string of the molecule is CCC(O)(c1cc(F)c2c(c1)C(=O)N(C(CCC(=O)O)c1ccc(Cl)cc1)[C@@]2(OC)c1ccc(Cl)cc1)C1(F)CCOCC1.